The molecule has 13 heteroatoms. The summed E-state index contributed by atoms with van der Waals surface area (Å²) in [4.78, 5) is 22.0. The van der Waals surface area contributed by atoms with E-state index in [1.54, 1.807) is 20.5 Å². The van der Waals surface area contributed by atoms with Crippen molar-refractivity contribution in [3.05, 3.63) is 94.3 Å². The third-order valence-corrected chi connectivity index (χ3v) is 8.64. The van der Waals surface area contributed by atoms with E-state index in [-0.39, 0.29) is 23.2 Å². The molecule has 0 bridgehead atoms. The topological polar surface area (TPSA) is 85.7 Å². The van der Waals surface area contributed by atoms with E-state index in [2.05, 4.69) is 19.9 Å². The van der Waals surface area contributed by atoms with E-state index in [0.717, 1.165) is 22.6 Å². The molecule has 2 aromatic carbocycles. The Hall–Kier alpha value is -4.42. The second-order valence-corrected chi connectivity index (χ2v) is 11.7. The second kappa shape index (κ2) is 13.5. The van der Waals surface area contributed by atoms with Gasteiger partial charge in [-0.3, -0.25) is 0 Å². The van der Waals surface area contributed by atoms with E-state index in [0.29, 0.717) is 47.4 Å². The van der Waals surface area contributed by atoms with Gasteiger partial charge in [0.05, 0.1) is 33.0 Å². The molecule has 46 heavy (non-hydrogen) atoms. The van der Waals surface area contributed by atoms with Crippen molar-refractivity contribution in [2.75, 3.05) is 43.4 Å². The highest BCUT2D eigenvalue weighted by Crippen LogP contribution is 2.42. The average Bonchev–Trinajstić information content (AvgIpc) is 3.26. The number of hydrogen-bond donors (Lipinski definition) is 0. The Morgan fingerprint density at radius 2 is 1.61 bits per heavy atom. The molecule has 0 fully saturated rings. The predicted octanol–water partition coefficient (Wildman–Crippen LogP) is 7.26. The van der Waals surface area contributed by atoms with E-state index >= 15 is 8.78 Å². The molecule has 3 aromatic heterocycles. The normalized spacial score (nSPS) is 13.2. The van der Waals surface area contributed by atoms with Gasteiger partial charge >= 0.3 is 0 Å². The monoisotopic (exact) mass is 664 g/mol. The number of anilines is 2. The molecule has 0 amide bonds. The molecule has 1 aliphatic rings. The van der Waals surface area contributed by atoms with Crippen LogP contribution in [0.25, 0.3) is 10.9 Å². The van der Waals surface area contributed by atoms with E-state index in [9.17, 15) is 0 Å². The van der Waals surface area contributed by atoms with Crippen LogP contribution in [0, 0.1) is 11.6 Å². The van der Waals surface area contributed by atoms with Gasteiger partial charge in [0.25, 0.3) is 0 Å². The van der Waals surface area contributed by atoms with Crippen molar-refractivity contribution < 1.29 is 23.0 Å². The van der Waals surface area contributed by atoms with Gasteiger partial charge in [-0.1, -0.05) is 47.6 Å². The quantitative estimate of drug-likeness (QED) is 0.0864. The third kappa shape index (κ3) is 6.32. The van der Waals surface area contributed by atoms with Crippen molar-refractivity contribution >= 4 is 45.9 Å². The molecule has 1 atom stereocenters. The van der Waals surface area contributed by atoms with Crippen LogP contribution in [0.1, 0.15) is 29.7 Å². The fraction of sp³-hybridized carbons (Fsp3) is 0.273. The van der Waals surface area contributed by atoms with Crippen molar-refractivity contribution in [2.45, 2.75) is 31.2 Å². The lowest BCUT2D eigenvalue weighted by Gasteiger charge is -2.33. The van der Waals surface area contributed by atoms with Gasteiger partial charge in [0, 0.05) is 18.7 Å². The van der Waals surface area contributed by atoms with Crippen molar-refractivity contribution in [1.29, 1.82) is 0 Å². The number of pyridine rings is 2. The molecule has 6 rings (SSSR count). The Morgan fingerprint density at radius 3 is 2.20 bits per heavy atom. The maximum atomic E-state index is 15.3. The molecule has 0 N–H and O–H groups in total. The molecule has 9 nitrogen and oxygen atoms in total. The Balaban J connectivity index is 1.46. The van der Waals surface area contributed by atoms with E-state index in [1.165, 1.54) is 24.0 Å². The molecule has 0 saturated heterocycles. The molecule has 4 heterocycles. The highest BCUT2D eigenvalue weighted by Gasteiger charge is 2.31. The van der Waals surface area contributed by atoms with Gasteiger partial charge in [-0.25, -0.2) is 23.7 Å². The lowest BCUT2D eigenvalue weighted by molar-refractivity contribution is 0.316. The smallest absolute Gasteiger partial charge is 0.228 e. The number of benzene rings is 2. The summed E-state index contributed by atoms with van der Waals surface area (Å²) in [6.45, 7) is 3.45. The first kappa shape index (κ1) is 31.6. The first-order valence-corrected chi connectivity index (χ1v) is 16.1. The predicted molar refractivity (Wildman–Crippen MR) is 175 cm³/mol. The van der Waals surface area contributed by atoms with Crippen LogP contribution in [0.5, 0.6) is 17.4 Å². The maximum absolute atomic E-state index is 15.3. The molecule has 238 valence electrons. The molecule has 1 aliphatic heterocycles. The van der Waals surface area contributed by atoms with Gasteiger partial charge in [0.1, 0.15) is 46.5 Å². The standard InChI is InChI=1S/C33H31ClF2N6O3S/c1-19(42-13-14-45-32-26-28(27(36)29(34)39-32)38-33(46-4)40-31(26)42)25-15-22(35)16-37-30(25)41(17-20-5-9-23(43-2)10-6-20)18-21-7-11-24(44-3)12-8-21/h5-12,15-16,19H,13-14,17-18H2,1-4H3. The zero-order chi connectivity index (χ0) is 32.4. The van der Waals surface area contributed by atoms with Crippen LogP contribution in [0.4, 0.5) is 20.4 Å². The molecule has 0 aliphatic carbocycles. The van der Waals surface area contributed by atoms with Gasteiger partial charge in [0.2, 0.25) is 5.88 Å². The molecular weight excluding hydrogens is 634 g/mol. The number of aromatic nitrogens is 4. The Kier molecular flexibility index (Phi) is 9.27. The first-order valence-electron chi connectivity index (χ1n) is 14.5. The summed E-state index contributed by atoms with van der Waals surface area (Å²) in [7, 11) is 3.25. The second-order valence-electron chi connectivity index (χ2n) is 10.6. The first-order chi connectivity index (χ1) is 22.3. The lowest BCUT2D eigenvalue weighted by atomic mass is 10.0. The summed E-state index contributed by atoms with van der Waals surface area (Å²) in [5, 5.41) is 0.334. The van der Waals surface area contributed by atoms with Crippen LogP contribution in [-0.2, 0) is 13.1 Å². The van der Waals surface area contributed by atoms with Crippen LogP contribution < -0.4 is 24.0 Å². The average molecular weight is 665 g/mol. The van der Waals surface area contributed by atoms with Crippen LogP contribution in [-0.4, -0.2) is 53.6 Å². The van der Waals surface area contributed by atoms with Gasteiger partial charge in [-0.05, 0) is 54.6 Å². The maximum Gasteiger partial charge on any atom is 0.228 e. The number of thioether (sulfide) groups is 1. The number of nitrogens with zero attached hydrogens (tertiary/aromatic N) is 6. The largest absolute Gasteiger partial charge is 0.497 e. The minimum absolute atomic E-state index is 0.0154. The number of halogens is 3. The van der Waals surface area contributed by atoms with Crippen LogP contribution >= 0.6 is 23.4 Å². The van der Waals surface area contributed by atoms with Gasteiger partial charge in [0.15, 0.2) is 16.1 Å². The van der Waals surface area contributed by atoms with Crippen LogP contribution in [0.15, 0.2) is 66.0 Å². The summed E-state index contributed by atoms with van der Waals surface area (Å²) in [6.07, 6.45) is 3.03. The minimum atomic E-state index is -0.754. The number of ether oxygens (including phenoxy) is 3. The Labute approximate surface area is 274 Å². The number of methoxy groups -OCH3 is 2. The SMILES string of the molecule is COc1ccc(CN(Cc2ccc(OC)cc2)c2ncc(F)cc2C(C)N2CCOc3nc(Cl)c(F)c4nc(SC)nc2c34)cc1. The summed E-state index contributed by atoms with van der Waals surface area (Å²) < 4.78 is 47.0. The number of rotatable bonds is 10. The van der Waals surface area contributed by atoms with Crippen molar-refractivity contribution in [2.24, 2.45) is 0 Å². The van der Waals surface area contributed by atoms with Gasteiger partial charge < -0.3 is 24.0 Å². The van der Waals surface area contributed by atoms with E-state index in [1.807, 2.05) is 60.4 Å². The van der Waals surface area contributed by atoms with Crippen molar-refractivity contribution in [3.63, 3.8) is 0 Å². The summed E-state index contributed by atoms with van der Waals surface area (Å²) in [5.41, 5.74) is 2.65. The van der Waals surface area contributed by atoms with Crippen molar-refractivity contribution in [3.8, 4) is 17.4 Å². The lowest BCUT2D eigenvalue weighted by Crippen LogP contribution is -2.33. The molecule has 5 aromatic rings. The number of hydrogen-bond acceptors (Lipinski definition) is 10. The molecule has 0 saturated carbocycles. The van der Waals surface area contributed by atoms with Crippen molar-refractivity contribution in [1.82, 2.24) is 19.9 Å². The molecular formula is C33H31ClF2N6O3S. The molecule has 0 spiro atoms. The molecule has 1 unspecified atom stereocenters. The fourth-order valence-corrected chi connectivity index (χ4v) is 6.03. The zero-order valence-electron chi connectivity index (χ0n) is 25.6. The Morgan fingerprint density at radius 1 is 0.978 bits per heavy atom. The van der Waals surface area contributed by atoms with Crippen LogP contribution in [0.2, 0.25) is 5.15 Å². The highest BCUT2D eigenvalue weighted by molar-refractivity contribution is 7.98. The summed E-state index contributed by atoms with van der Waals surface area (Å²) >= 11 is 7.39. The van der Waals surface area contributed by atoms with Gasteiger partial charge in [-0.2, -0.15) is 4.98 Å². The van der Waals surface area contributed by atoms with Gasteiger partial charge in [-0.15, -0.1) is 0 Å². The van der Waals surface area contributed by atoms with Crippen LogP contribution in [0.3, 0.4) is 0 Å². The summed E-state index contributed by atoms with van der Waals surface area (Å²) in [6, 6.07) is 16.6. The Bertz CT molecular complexity index is 1820. The fourth-order valence-electron chi connectivity index (χ4n) is 5.50. The third-order valence-electron chi connectivity index (χ3n) is 7.84. The zero-order valence-corrected chi connectivity index (χ0v) is 27.2. The van der Waals surface area contributed by atoms with E-state index < -0.39 is 17.7 Å². The summed E-state index contributed by atoms with van der Waals surface area (Å²) in [5.74, 6) is 1.41. The minimum Gasteiger partial charge on any atom is -0.497 e. The molecule has 0 radical (unpaired) electrons. The van der Waals surface area contributed by atoms with E-state index in [4.69, 9.17) is 30.8 Å². The highest BCUT2D eigenvalue weighted by atomic mass is 35.5.